The molecule has 5 nitrogen and oxygen atoms in total. The van der Waals surface area contributed by atoms with Gasteiger partial charge in [-0.05, 0) is 23.3 Å². The smallest absolute Gasteiger partial charge is 0.269 e. The van der Waals surface area contributed by atoms with Crippen molar-refractivity contribution in [3.63, 3.8) is 0 Å². The van der Waals surface area contributed by atoms with Crippen LogP contribution >= 0.6 is 0 Å². The summed E-state index contributed by atoms with van der Waals surface area (Å²) in [7, 11) is 0. The van der Waals surface area contributed by atoms with E-state index in [0.717, 1.165) is 0 Å². The number of ketones is 2. The van der Waals surface area contributed by atoms with Crippen molar-refractivity contribution >= 4 is 17.3 Å². The number of nitro groups is 1. The van der Waals surface area contributed by atoms with Crippen molar-refractivity contribution in [1.29, 1.82) is 0 Å². The average Bonchev–Trinajstić information content (AvgIpc) is 2.67. The van der Waals surface area contributed by atoms with E-state index in [4.69, 9.17) is 0 Å². The molecule has 25 heavy (non-hydrogen) atoms. The largest absolute Gasteiger partial charge is 0.285 e. The van der Waals surface area contributed by atoms with Gasteiger partial charge in [-0.3, -0.25) is 19.7 Å². The third-order valence-electron chi connectivity index (χ3n) is 3.80. The van der Waals surface area contributed by atoms with Gasteiger partial charge in [0.1, 0.15) is 0 Å². The first kappa shape index (κ1) is 16.3. The Hall–Kier alpha value is -3.60. The van der Waals surface area contributed by atoms with Gasteiger partial charge in [0.05, 0.1) is 4.92 Å². The molecule has 0 aliphatic carbocycles. The van der Waals surface area contributed by atoms with Crippen molar-refractivity contribution < 1.29 is 14.5 Å². The van der Waals surface area contributed by atoms with Gasteiger partial charge >= 0.3 is 0 Å². The highest BCUT2D eigenvalue weighted by atomic mass is 16.6. The van der Waals surface area contributed by atoms with Gasteiger partial charge in [-0.25, -0.2) is 0 Å². The molecule has 0 saturated carbocycles. The molecule has 0 spiro atoms. The number of carbonyl (C=O) groups excluding carboxylic acids is 2. The Morgan fingerprint density at radius 2 is 1.32 bits per heavy atom. The quantitative estimate of drug-likeness (QED) is 0.302. The SMILES string of the molecule is O=C(C(=O)c1ccccc1-c1ccc([N+](=O)[O-])cc1)c1ccccc1. The maximum absolute atomic E-state index is 12.7. The second-order valence-electron chi connectivity index (χ2n) is 5.37. The Morgan fingerprint density at radius 1 is 0.720 bits per heavy atom. The molecule has 0 radical (unpaired) electrons. The summed E-state index contributed by atoms with van der Waals surface area (Å²) in [6, 6.07) is 21.0. The van der Waals surface area contributed by atoms with E-state index >= 15 is 0 Å². The molecule has 0 aliphatic rings. The van der Waals surface area contributed by atoms with Gasteiger partial charge in [0.25, 0.3) is 5.69 Å². The zero-order valence-corrected chi connectivity index (χ0v) is 13.1. The number of carbonyl (C=O) groups is 2. The summed E-state index contributed by atoms with van der Waals surface area (Å²) in [6.07, 6.45) is 0. The van der Waals surface area contributed by atoms with E-state index in [0.29, 0.717) is 16.7 Å². The molecule has 0 amide bonds. The Bertz CT molecular complexity index is 947. The third kappa shape index (κ3) is 3.35. The van der Waals surface area contributed by atoms with Crippen LogP contribution in [0.3, 0.4) is 0 Å². The number of non-ortho nitro benzene ring substituents is 1. The highest BCUT2D eigenvalue weighted by Crippen LogP contribution is 2.26. The van der Waals surface area contributed by atoms with Gasteiger partial charge in [0.2, 0.25) is 11.6 Å². The number of nitro benzene ring substituents is 1. The van der Waals surface area contributed by atoms with Crippen molar-refractivity contribution in [2.24, 2.45) is 0 Å². The number of hydrogen-bond acceptors (Lipinski definition) is 4. The summed E-state index contributed by atoms with van der Waals surface area (Å²) in [5, 5.41) is 10.8. The lowest BCUT2D eigenvalue weighted by Gasteiger charge is -2.08. The van der Waals surface area contributed by atoms with Crippen molar-refractivity contribution in [2.45, 2.75) is 0 Å². The van der Waals surface area contributed by atoms with Gasteiger partial charge in [0, 0.05) is 23.3 Å². The number of hydrogen-bond donors (Lipinski definition) is 0. The summed E-state index contributed by atoms with van der Waals surface area (Å²) in [4.78, 5) is 35.4. The van der Waals surface area contributed by atoms with Gasteiger partial charge in [-0.15, -0.1) is 0 Å². The molecule has 3 aromatic carbocycles. The Balaban J connectivity index is 2.00. The molecule has 3 rings (SSSR count). The second kappa shape index (κ2) is 6.88. The van der Waals surface area contributed by atoms with Crippen LogP contribution < -0.4 is 0 Å². The van der Waals surface area contributed by atoms with Crippen molar-refractivity contribution in [3.8, 4) is 11.1 Å². The molecule has 0 aliphatic heterocycles. The Kier molecular flexibility index (Phi) is 4.48. The molecule has 3 aromatic rings. The average molecular weight is 331 g/mol. The lowest BCUT2D eigenvalue weighted by atomic mass is 9.93. The number of Topliss-reactive ketones (excluding diaryl/α,β-unsaturated/α-hetero) is 2. The molecule has 0 bridgehead atoms. The van der Waals surface area contributed by atoms with Gasteiger partial charge in [-0.1, -0.05) is 54.6 Å². The molecule has 5 heteroatoms. The van der Waals surface area contributed by atoms with E-state index in [1.807, 2.05) is 0 Å². The van der Waals surface area contributed by atoms with Crippen LogP contribution in [-0.4, -0.2) is 16.5 Å². The molecule has 0 atom stereocenters. The van der Waals surface area contributed by atoms with E-state index in [1.54, 1.807) is 66.7 Å². The van der Waals surface area contributed by atoms with Crippen LogP contribution in [0.2, 0.25) is 0 Å². The first-order chi connectivity index (χ1) is 12.1. The van der Waals surface area contributed by atoms with Crippen LogP contribution in [0.4, 0.5) is 5.69 Å². The maximum Gasteiger partial charge on any atom is 0.269 e. The molecule has 0 saturated heterocycles. The van der Waals surface area contributed by atoms with Crippen LogP contribution in [0.25, 0.3) is 11.1 Å². The summed E-state index contributed by atoms with van der Waals surface area (Å²) >= 11 is 0. The molecule has 0 heterocycles. The lowest BCUT2D eigenvalue weighted by Crippen LogP contribution is -2.15. The van der Waals surface area contributed by atoms with Crippen LogP contribution in [0.1, 0.15) is 20.7 Å². The lowest BCUT2D eigenvalue weighted by molar-refractivity contribution is -0.384. The fourth-order valence-electron chi connectivity index (χ4n) is 2.54. The van der Waals surface area contributed by atoms with E-state index in [2.05, 4.69) is 0 Å². The minimum atomic E-state index is -0.611. The fourth-order valence-corrected chi connectivity index (χ4v) is 2.54. The standard InChI is InChI=1S/C20H13NO4/c22-19(15-6-2-1-3-7-15)20(23)18-9-5-4-8-17(18)14-10-12-16(13-11-14)21(24)25/h1-13H. The Labute approximate surface area is 143 Å². The van der Waals surface area contributed by atoms with Crippen LogP contribution in [0.5, 0.6) is 0 Å². The van der Waals surface area contributed by atoms with E-state index in [9.17, 15) is 19.7 Å². The first-order valence-electron chi connectivity index (χ1n) is 7.56. The molecule has 122 valence electrons. The molecule has 0 aromatic heterocycles. The van der Waals surface area contributed by atoms with E-state index < -0.39 is 16.5 Å². The van der Waals surface area contributed by atoms with Gasteiger partial charge < -0.3 is 0 Å². The first-order valence-corrected chi connectivity index (χ1v) is 7.56. The maximum atomic E-state index is 12.7. The zero-order valence-electron chi connectivity index (χ0n) is 13.1. The van der Waals surface area contributed by atoms with Crippen LogP contribution in [0.15, 0.2) is 78.9 Å². The highest BCUT2D eigenvalue weighted by Gasteiger charge is 2.21. The summed E-state index contributed by atoms with van der Waals surface area (Å²) < 4.78 is 0. The van der Waals surface area contributed by atoms with Crippen LogP contribution in [-0.2, 0) is 0 Å². The van der Waals surface area contributed by atoms with Crippen LogP contribution in [0, 0.1) is 10.1 Å². The zero-order chi connectivity index (χ0) is 17.8. The monoisotopic (exact) mass is 331 g/mol. The topological polar surface area (TPSA) is 77.3 Å². The van der Waals surface area contributed by atoms with Crippen molar-refractivity contribution in [3.05, 3.63) is 100 Å². The molecule has 0 N–H and O–H groups in total. The van der Waals surface area contributed by atoms with E-state index in [-0.39, 0.29) is 11.3 Å². The normalized spacial score (nSPS) is 10.2. The highest BCUT2D eigenvalue weighted by molar-refractivity contribution is 6.50. The van der Waals surface area contributed by atoms with E-state index in [1.165, 1.54) is 12.1 Å². The minimum absolute atomic E-state index is 0.0343. The molecule has 0 unspecified atom stereocenters. The van der Waals surface area contributed by atoms with Gasteiger partial charge in [0.15, 0.2) is 0 Å². The minimum Gasteiger partial charge on any atom is -0.285 e. The second-order valence-corrected chi connectivity index (χ2v) is 5.37. The summed E-state index contributed by atoms with van der Waals surface area (Å²) in [5.74, 6) is -1.20. The van der Waals surface area contributed by atoms with Crippen molar-refractivity contribution in [1.82, 2.24) is 0 Å². The summed E-state index contributed by atoms with van der Waals surface area (Å²) in [5.41, 5.74) is 1.76. The van der Waals surface area contributed by atoms with Crippen molar-refractivity contribution in [2.75, 3.05) is 0 Å². The predicted octanol–water partition coefficient (Wildman–Crippen LogP) is 4.33. The van der Waals surface area contributed by atoms with Gasteiger partial charge in [-0.2, -0.15) is 0 Å². The predicted molar refractivity (Wildman–Crippen MR) is 93.6 cm³/mol. The summed E-state index contributed by atoms with van der Waals surface area (Å²) in [6.45, 7) is 0. The molecular weight excluding hydrogens is 318 g/mol. The number of rotatable bonds is 5. The fraction of sp³-hybridized carbons (Fsp3) is 0. The number of nitrogens with zero attached hydrogens (tertiary/aromatic N) is 1. The molecular formula is C20H13NO4. The molecule has 0 fully saturated rings. The Morgan fingerprint density at radius 3 is 1.96 bits per heavy atom. The number of benzene rings is 3. The third-order valence-corrected chi connectivity index (χ3v) is 3.80.